The van der Waals surface area contributed by atoms with Gasteiger partial charge < -0.3 is 24.7 Å². The Morgan fingerprint density at radius 1 is 1.21 bits per heavy atom. The van der Waals surface area contributed by atoms with Crippen LogP contribution in [0.15, 0.2) is 76.3 Å². The number of aromatic hydroxyl groups is 1. The summed E-state index contributed by atoms with van der Waals surface area (Å²) in [5, 5.41) is 26.5. The minimum absolute atomic E-state index is 0.0542. The lowest BCUT2D eigenvalue weighted by Crippen LogP contribution is -2.29. The van der Waals surface area contributed by atoms with Gasteiger partial charge in [-0.2, -0.15) is 5.11 Å². The fraction of sp³-hybridized carbons (Fsp3) is 0.100. The lowest BCUT2D eigenvalue weighted by Gasteiger charge is -2.07. The summed E-state index contributed by atoms with van der Waals surface area (Å²) < 4.78 is 29.8. The first kappa shape index (κ1) is 22.0. The molecular weight excluding hydrogens is 450 g/mol. The molecule has 0 spiro atoms. The van der Waals surface area contributed by atoms with Gasteiger partial charge in [-0.3, -0.25) is 0 Å². The molecule has 33 heavy (non-hydrogen) atoms. The average molecular weight is 469 g/mol. The van der Waals surface area contributed by atoms with Crippen LogP contribution < -0.4 is 15.2 Å². The standard InChI is InChI=1S/C20H19N7O5S/c21-33(30,31)15-4-1-13(2-5-15)25-26-18-16-11-14(3-6-17(16)24-19(18)28)32-20(29)23-8-10-27-9-7-22-12-27/h1-7,9,11-12,24,28H,8,10H2,(H,23,29)(H2,21,30,31). The van der Waals surface area contributed by atoms with E-state index in [4.69, 9.17) is 9.88 Å². The van der Waals surface area contributed by atoms with Crippen molar-refractivity contribution in [3.05, 3.63) is 61.2 Å². The van der Waals surface area contributed by atoms with E-state index in [0.29, 0.717) is 29.7 Å². The number of ether oxygens (including phenoxy) is 1. The number of primary sulfonamides is 1. The number of hydrogen-bond acceptors (Lipinski definition) is 8. The van der Waals surface area contributed by atoms with Crippen molar-refractivity contribution >= 4 is 38.4 Å². The molecule has 0 fully saturated rings. The van der Waals surface area contributed by atoms with Gasteiger partial charge in [0.2, 0.25) is 15.9 Å². The van der Waals surface area contributed by atoms with Crippen LogP contribution in [-0.4, -0.2) is 40.7 Å². The highest BCUT2D eigenvalue weighted by Crippen LogP contribution is 2.38. The summed E-state index contributed by atoms with van der Waals surface area (Å²) in [6.45, 7) is 0.897. The number of H-pyrrole nitrogens is 1. The molecule has 13 heteroatoms. The molecule has 0 bridgehead atoms. The number of imidazole rings is 1. The van der Waals surface area contributed by atoms with Crippen LogP contribution >= 0.6 is 0 Å². The van der Waals surface area contributed by atoms with Gasteiger partial charge in [0.1, 0.15) is 5.75 Å². The minimum Gasteiger partial charge on any atom is -0.493 e. The van der Waals surface area contributed by atoms with Gasteiger partial charge in [-0.05, 0) is 42.5 Å². The molecule has 0 saturated heterocycles. The number of rotatable bonds is 7. The van der Waals surface area contributed by atoms with Crippen LogP contribution in [0.1, 0.15) is 0 Å². The Labute approximate surface area is 187 Å². The summed E-state index contributed by atoms with van der Waals surface area (Å²) in [6.07, 6.45) is 4.44. The van der Waals surface area contributed by atoms with Crippen molar-refractivity contribution in [2.24, 2.45) is 15.4 Å². The Kier molecular flexibility index (Phi) is 6.06. The third-order valence-corrected chi connectivity index (χ3v) is 5.49. The van der Waals surface area contributed by atoms with E-state index >= 15 is 0 Å². The zero-order valence-corrected chi connectivity index (χ0v) is 17.9. The van der Waals surface area contributed by atoms with Crippen LogP contribution in [0.25, 0.3) is 10.9 Å². The molecule has 0 atom stereocenters. The van der Waals surface area contributed by atoms with Crippen molar-refractivity contribution in [1.29, 1.82) is 0 Å². The topological polar surface area (TPSA) is 177 Å². The second-order valence-corrected chi connectivity index (χ2v) is 8.45. The van der Waals surface area contributed by atoms with Crippen molar-refractivity contribution in [3.8, 4) is 11.6 Å². The molecule has 4 aromatic rings. The summed E-state index contributed by atoms with van der Waals surface area (Å²) in [5.41, 5.74) is 1.03. The minimum atomic E-state index is -3.81. The maximum absolute atomic E-state index is 12.1. The van der Waals surface area contributed by atoms with Crippen LogP contribution in [0, 0.1) is 0 Å². The van der Waals surface area contributed by atoms with E-state index in [2.05, 4.69) is 25.5 Å². The lowest BCUT2D eigenvalue weighted by molar-refractivity contribution is 0.200. The Hall–Kier alpha value is -4.23. The number of aromatic amines is 1. The lowest BCUT2D eigenvalue weighted by atomic mass is 10.2. The fourth-order valence-electron chi connectivity index (χ4n) is 2.97. The zero-order chi connectivity index (χ0) is 23.4. The summed E-state index contributed by atoms with van der Waals surface area (Å²) in [7, 11) is -3.81. The molecule has 170 valence electrons. The monoisotopic (exact) mass is 469 g/mol. The number of aromatic nitrogens is 3. The van der Waals surface area contributed by atoms with Crippen LogP contribution in [-0.2, 0) is 16.6 Å². The molecule has 2 heterocycles. The van der Waals surface area contributed by atoms with E-state index in [0.717, 1.165) is 0 Å². The SMILES string of the molecule is NS(=O)(=O)c1ccc(N=Nc2c(O)[nH]c3ccc(OC(=O)NCCn4ccnc4)cc23)cc1. The Morgan fingerprint density at radius 2 is 2.00 bits per heavy atom. The summed E-state index contributed by atoms with van der Waals surface area (Å²) in [5.74, 6) is 0.0208. The number of fused-ring (bicyclic) bond motifs is 1. The molecule has 1 amide bonds. The third-order valence-electron chi connectivity index (χ3n) is 4.56. The van der Waals surface area contributed by atoms with Gasteiger partial charge in [0.05, 0.1) is 22.4 Å². The first-order valence-corrected chi connectivity index (χ1v) is 11.1. The zero-order valence-electron chi connectivity index (χ0n) is 17.0. The summed E-state index contributed by atoms with van der Waals surface area (Å²) >= 11 is 0. The van der Waals surface area contributed by atoms with Gasteiger partial charge in [-0.1, -0.05) is 0 Å². The molecule has 0 aliphatic rings. The number of nitrogens with two attached hydrogens (primary N) is 1. The summed E-state index contributed by atoms with van der Waals surface area (Å²) in [6, 6.07) is 10.2. The number of carbonyl (C=O) groups is 1. The van der Waals surface area contributed by atoms with Crippen molar-refractivity contribution in [1.82, 2.24) is 19.9 Å². The van der Waals surface area contributed by atoms with Crippen LogP contribution in [0.3, 0.4) is 0 Å². The van der Waals surface area contributed by atoms with E-state index in [9.17, 15) is 18.3 Å². The molecular formula is C20H19N7O5S. The maximum Gasteiger partial charge on any atom is 0.412 e. The van der Waals surface area contributed by atoms with Crippen molar-refractivity contribution < 1.29 is 23.1 Å². The molecule has 2 aromatic heterocycles. The highest BCUT2D eigenvalue weighted by atomic mass is 32.2. The van der Waals surface area contributed by atoms with Gasteiger partial charge >= 0.3 is 6.09 Å². The van der Waals surface area contributed by atoms with E-state index in [1.54, 1.807) is 36.9 Å². The number of carbonyl (C=O) groups excluding carboxylic acids is 1. The highest BCUT2D eigenvalue weighted by Gasteiger charge is 2.13. The molecule has 12 nitrogen and oxygen atoms in total. The summed E-state index contributed by atoms with van der Waals surface area (Å²) in [4.78, 5) is 18.7. The van der Waals surface area contributed by atoms with E-state index in [1.165, 1.54) is 24.3 Å². The van der Waals surface area contributed by atoms with Crippen molar-refractivity contribution in [2.75, 3.05) is 6.54 Å². The largest absolute Gasteiger partial charge is 0.493 e. The number of nitrogens with one attached hydrogen (secondary N) is 2. The molecule has 4 rings (SSSR count). The number of hydrogen-bond donors (Lipinski definition) is 4. The normalized spacial score (nSPS) is 11.8. The van der Waals surface area contributed by atoms with Crippen LogP contribution in [0.4, 0.5) is 16.2 Å². The van der Waals surface area contributed by atoms with E-state index < -0.39 is 16.1 Å². The second-order valence-electron chi connectivity index (χ2n) is 6.89. The number of nitrogens with zero attached hydrogens (tertiary/aromatic N) is 4. The van der Waals surface area contributed by atoms with Gasteiger partial charge in [0, 0.05) is 30.9 Å². The second kappa shape index (κ2) is 9.10. The smallest absolute Gasteiger partial charge is 0.412 e. The van der Waals surface area contributed by atoms with Gasteiger partial charge in [-0.25, -0.2) is 23.3 Å². The predicted molar refractivity (Wildman–Crippen MR) is 118 cm³/mol. The van der Waals surface area contributed by atoms with Gasteiger partial charge in [0.25, 0.3) is 0 Å². The predicted octanol–water partition coefficient (Wildman–Crippen LogP) is 2.92. The average Bonchev–Trinajstić information content (AvgIpc) is 3.39. The number of azo groups is 1. The fourth-order valence-corrected chi connectivity index (χ4v) is 3.48. The van der Waals surface area contributed by atoms with E-state index in [-0.39, 0.29) is 22.2 Å². The molecule has 0 aliphatic carbocycles. The third kappa shape index (κ3) is 5.34. The molecule has 0 saturated carbocycles. The number of amides is 1. The van der Waals surface area contributed by atoms with Crippen LogP contribution in [0.2, 0.25) is 0 Å². The Balaban J connectivity index is 1.47. The quantitative estimate of drug-likeness (QED) is 0.302. The van der Waals surface area contributed by atoms with Crippen molar-refractivity contribution in [2.45, 2.75) is 11.4 Å². The Bertz CT molecular complexity index is 1410. The first-order chi connectivity index (χ1) is 15.8. The molecule has 0 unspecified atom stereocenters. The van der Waals surface area contributed by atoms with Crippen LogP contribution in [0.5, 0.6) is 11.6 Å². The van der Waals surface area contributed by atoms with Gasteiger partial charge in [0.15, 0.2) is 5.69 Å². The van der Waals surface area contributed by atoms with E-state index in [1.807, 2.05) is 4.57 Å². The number of sulfonamides is 1. The van der Waals surface area contributed by atoms with Crippen molar-refractivity contribution in [3.63, 3.8) is 0 Å². The van der Waals surface area contributed by atoms with Gasteiger partial charge in [-0.15, -0.1) is 5.11 Å². The highest BCUT2D eigenvalue weighted by molar-refractivity contribution is 7.89. The Morgan fingerprint density at radius 3 is 2.70 bits per heavy atom. The number of benzene rings is 2. The molecule has 5 N–H and O–H groups in total. The first-order valence-electron chi connectivity index (χ1n) is 9.60. The molecule has 0 aliphatic heterocycles. The molecule has 2 aromatic carbocycles. The molecule has 0 radical (unpaired) electrons. The maximum atomic E-state index is 12.1.